The number of aromatic nitrogens is 1. The van der Waals surface area contributed by atoms with E-state index in [1.807, 2.05) is 25.1 Å². The van der Waals surface area contributed by atoms with Crippen molar-refractivity contribution >= 4 is 34.1 Å². The monoisotopic (exact) mass is 414 g/mol. The number of carbonyl (C=O) groups excluding carboxylic acids is 2. The van der Waals surface area contributed by atoms with Crippen LogP contribution in [-0.2, 0) is 22.4 Å². The van der Waals surface area contributed by atoms with Crippen LogP contribution in [0.3, 0.4) is 0 Å². The molecule has 0 aliphatic heterocycles. The van der Waals surface area contributed by atoms with E-state index >= 15 is 0 Å². The number of carbonyl (C=O) groups is 2. The first-order valence-corrected chi connectivity index (χ1v) is 10.7. The summed E-state index contributed by atoms with van der Waals surface area (Å²) in [6.45, 7) is 1.89. The average Bonchev–Trinajstić information content (AvgIpc) is 3.12. The van der Waals surface area contributed by atoms with Crippen molar-refractivity contribution in [1.82, 2.24) is 4.98 Å². The van der Waals surface area contributed by atoms with Crippen LogP contribution in [0.5, 0.6) is 0 Å². The van der Waals surface area contributed by atoms with Crippen LogP contribution in [0.2, 0.25) is 0 Å². The fourth-order valence-electron chi connectivity index (χ4n) is 4.24. The zero-order valence-corrected chi connectivity index (χ0v) is 17.6. The maximum Gasteiger partial charge on any atom is 0.224 e. The number of aromatic amines is 1. The number of hydrogen-bond donors (Lipinski definition) is 3. The van der Waals surface area contributed by atoms with Gasteiger partial charge < -0.3 is 15.6 Å². The van der Waals surface area contributed by atoms with Crippen LogP contribution in [-0.4, -0.2) is 16.8 Å². The summed E-state index contributed by atoms with van der Waals surface area (Å²) in [7, 11) is 0. The number of nitrogens with zero attached hydrogens (tertiary/aromatic N) is 1. The van der Waals surface area contributed by atoms with Crippen molar-refractivity contribution in [2.45, 2.75) is 45.4 Å². The molecule has 4 rings (SSSR count). The molecule has 3 aromatic rings. The number of benzene rings is 2. The molecule has 6 nitrogen and oxygen atoms in total. The molecule has 158 valence electrons. The van der Waals surface area contributed by atoms with E-state index in [4.69, 9.17) is 5.26 Å². The number of rotatable bonds is 6. The Kier molecular flexibility index (Phi) is 6.03. The van der Waals surface area contributed by atoms with Gasteiger partial charge in [-0.15, -0.1) is 0 Å². The zero-order chi connectivity index (χ0) is 21.8. The van der Waals surface area contributed by atoms with E-state index in [-0.39, 0.29) is 30.6 Å². The number of aryl methyl sites for hydroxylation is 2. The third kappa shape index (κ3) is 4.95. The molecule has 6 heteroatoms. The lowest BCUT2D eigenvalue weighted by Gasteiger charge is -2.13. The van der Waals surface area contributed by atoms with Crippen molar-refractivity contribution in [2.24, 2.45) is 5.92 Å². The molecule has 1 aromatic heterocycles. The van der Waals surface area contributed by atoms with Crippen LogP contribution < -0.4 is 10.6 Å². The Balaban J connectivity index is 1.31. The largest absolute Gasteiger partial charge is 0.358 e. The molecule has 0 saturated heterocycles. The molecule has 1 aliphatic carbocycles. The van der Waals surface area contributed by atoms with Crippen LogP contribution >= 0.6 is 0 Å². The van der Waals surface area contributed by atoms with Gasteiger partial charge in [-0.3, -0.25) is 9.59 Å². The van der Waals surface area contributed by atoms with Crippen LogP contribution in [0.1, 0.15) is 49.4 Å². The zero-order valence-electron chi connectivity index (χ0n) is 17.6. The molecule has 1 unspecified atom stereocenters. The highest BCUT2D eigenvalue weighted by Crippen LogP contribution is 2.31. The van der Waals surface area contributed by atoms with Gasteiger partial charge in [-0.2, -0.15) is 5.26 Å². The number of H-pyrrole nitrogens is 1. The Morgan fingerprint density at radius 3 is 2.35 bits per heavy atom. The lowest BCUT2D eigenvalue weighted by molar-refractivity contribution is -0.118. The molecule has 31 heavy (non-hydrogen) atoms. The summed E-state index contributed by atoms with van der Waals surface area (Å²) in [5.74, 6) is -0.338. The molecular weight excluding hydrogens is 388 g/mol. The van der Waals surface area contributed by atoms with Crippen molar-refractivity contribution in [3.05, 3.63) is 59.3 Å². The summed E-state index contributed by atoms with van der Waals surface area (Å²) in [6.07, 6.45) is 5.12. The predicted octanol–water partition coefficient (Wildman–Crippen LogP) is 4.91. The topological polar surface area (TPSA) is 97.8 Å². The maximum atomic E-state index is 12.5. The molecular formula is C25H26N4O2. The molecule has 2 amide bonds. The molecule has 1 aliphatic rings. The minimum atomic E-state index is -0.148. The van der Waals surface area contributed by atoms with E-state index in [0.717, 1.165) is 24.0 Å². The van der Waals surface area contributed by atoms with Crippen molar-refractivity contribution in [1.29, 1.82) is 5.26 Å². The van der Waals surface area contributed by atoms with Gasteiger partial charge >= 0.3 is 0 Å². The lowest BCUT2D eigenvalue weighted by Crippen LogP contribution is -2.20. The molecule has 0 fully saturated rings. The highest BCUT2D eigenvalue weighted by Gasteiger charge is 2.17. The summed E-state index contributed by atoms with van der Waals surface area (Å²) in [4.78, 5) is 28.3. The number of amides is 2. The molecule has 0 spiro atoms. The van der Waals surface area contributed by atoms with Gasteiger partial charge in [0.1, 0.15) is 0 Å². The number of nitrogens with one attached hydrogen (secondary N) is 3. The smallest absolute Gasteiger partial charge is 0.224 e. The highest BCUT2D eigenvalue weighted by atomic mass is 16.2. The first-order valence-electron chi connectivity index (χ1n) is 10.7. The van der Waals surface area contributed by atoms with Gasteiger partial charge in [0.25, 0.3) is 0 Å². The summed E-state index contributed by atoms with van der Waals surface area (Å²) >= 11 is 0. The fourth-order valence-corrected chi connectivity index (χ4v) is 4.24. The predicted molar refractivity (Wildman–Crippen MR) is 122 cm³/mol. The molecule has 0 radical (unpaired) electrons. The molecule has 1 atom stereocenters. The summed E-state index contributed by atoms with van der Waals surface area (Å²) in [5, 5.41) is 15.8. The molecule has 0 saturated carbocycles. The summed E-state index contributed by atoms with van der Waals surface area (Å²) in [6, 6.07) is 14.8. The Morgan fingerprint density at radius 1 is 1.00 bits per heavy atom. The average molecular weight is 415 g/mol. The van der Waals surface area contributed by atoms with Gasteiger partial charge in [-0.25, -0.2) is 0 Å². The third-order valence-corrected chi connectivity index (χ3v) is 5.75. The van der Waals surface area contributed by atoms with E-state index < -0.39 is 0 Å². The second-order valence-electron chi connectivity index (χ2n) is 8.35. The van der Waals surface area contributed by atoms with Gasteiger partial charge in [0, 0.05) is 40.8 Å². The maximum absolute atomic E-state index is 12.5. The van der Waals surface area contributed by atoms with Gasteiger partial charge in [0.2, 0.25) is 11.8 Å². The molecule has 0 bridgehead atoms. The normalized spacial score (nSPS) is 13.8. The van der Waals surface area contributed by atoms with Gasteiger partial charge in [0.15, 0.2) is 0 Å². The van der Waals surface area contributed by atoms with E-state index in [0.29, 0.717) is 11.3 Å². The summed E-state index contributed by atoms with van der Waals surface area (Å²) < 4.78 is 0. The summed E-state index contributed by atoms with van der Waals surface area (Å²) in [5.41, 5.74) is 5.80. The van der Waals surface area contributed by atoms with E-state index in [2.05, 4.69) is 21.7 Å². The first kappa shape index (κ1) is 20.7. The second-order valence-corrected chi connectivity index (χ2v) is 8.35. The standard InChI is InChI=1S/C25H26N4O2/c1-16(12-24(30)27-18-8-6-17(15-26)7-9-18)13-25(31)28-19-10-11-23-21(14-19)20-4-2-3-5-22(20)29-23/h6-11,14,16,29H,2-5,12-13H2,1H3,(H,27,30)(H,28,31). The molecule has 3 N–H and O–H groups in total. The van der Waals surface area contributed by atoms with E-state index in [1.165, 1.54) is 29.5 Å². The number of fused-ring (bicyclic) bond motifs is 3. The fraction of sp³-hybridized carbons (Fsp3) is 0.320. The minimum Gasteiger partial charge on any atom is -0.358 e. The van der Waals surface area contributed by atoms with Crippen molar-refractivity contribution in [2.75, 3.05) is 10.6 Å². The third-order valence-electron chi connectivity index (χ3n) is 5.75. The van der Waals surface area contributed by atoms with Gasteiger partial charge in [-0.1, -0.05) is 6.92 Å². The Labute approximate surface area is 181 Å². The van der Waals surface area contributed by atoms with E-state index in [1.54, 1.807) is 24.3 Å². The van der Waals surface area contributed by atoms with Crippen LogP contribution in [0.15, 0.2) is 42.5 Å². The Morgan fingerprint density at radius 2 is 1.65 bits per heavy atom. The molecule has 1 heterocycles. The van der Waals surface area contributed by atoms with Gasteiger partial charge in [0.05, 0.1) is 11.6 Å². The Bertz CT molecular complexity index is 1150. The number of nitriles is 1. The van der Waals surface area contributed by atoms with Crippen LogP contribution in [0.4, 0.5) is 11.4 Å². The number of anilines is 2. The quantitative estimate of drug-likeness (QED) is 0.534. The Hall–Kier alpha value is -3.59. The highest BCUT2D eigenvalue weighted by molar-refractivity contribution is 5.96. The SMILES string of the molecule is CC(CC(=O)Nc1ccc(C#N)cc1)CC(=O)Nc1ccc2[nH]c3c(c2c1)CCCC3. The molecule has 2 aromatic carbocycles. The van der Waals surface area contributed by atoms with E-state index in [9.17, 15) is 9.59 Å². The van der Waals surface area contributed by atoms with Crippen LogP contribution in [0.25, 0.3) is 10.9 Å². The van der Waals surface area contributed by atoms with Crippen molar-refractivity contribution in [3.63, 3.8) is 0 Å². The van der Waals surface area contributed by atoms with Gasteiger partial charge in [-0.05, 0) is 79.6 Å². The number of hydrogen-bond acceptors (Lipinski definition) is 3. The first-order chi connectivity index (χ1) is 15.0. The van der Waals surface area contributed by atoms with Crippen molar-refractivity contribution in [3.8, 4) is 6.07 Å². The van der Waals surface area contributed by atoms with Crippen molar-refractivity contribution < 1.29 is 9.59 Å². The van der Waals surface area contributed by atoms with Crippen LogP contribution in [0, 0.1) is 17.2 Å². The lowest BCUT2D eigenvalue weighted by atomic mass is 9.95. The minimum absolute atomic E-state index is 0.0950. The second kappa shape index (κ2) is 9.05.